The average Bonchev–Trinajstić information content (AvgIpc) is 2.94. The number of nitrogens with zero attached hydrogens (tertiary/aromatic N) is 1. The summed E-state index contributed by atoms with van der Waals surface area (Å²) in [6, 6.07) is 2.41. The fourth-order valence-corrected chi connectivity index (χ4v) is 5.51. The van der Waals surface area contributed by atoms with Gasteiger partial charge in [0.05, 0.1) is 12.5 Å². The van der Waals surface area contributed by atoms with E-state index < -0.39 is 6.10 Å². The van der Waals surface area contributed by atoms with E-state index in [1.165, 1.54) is 11.1 Å². The predicted octanol–water partition coefficient (Wildman–Crippen LogP) is 2.35. The molecular formula is C20H21NO3. The van der Waals surface area contributed by atoms with Crippen molar-refractivity contribution in [3.05, 3.63) is 41.5 Å². The molecular weight excluding hydrogens is 302 g/mol. The first kappa shape index (κ1) is 14.3. The third kappa shape index (κ3) is 1.42. The number of piperidine rings is 1. The molecule has 1 aromatic carbocycles. The third-order valence-corrected chi connectivity index (χ3v) is 6.59. The molecule has 2 bridgehead atoms. The van der Waals surface area contributed by atoms with Crippen LogP contribution in [0.2, 0.25) is 0 Å². The molecule has 2 aliphatic heterocycles. The summed E-state index contributed by atoms with van der Waals surface area (Å²) in [4.78, 5) is 15.1. The number of carbonyl (C=O) groups is 1. The van der Waals surface area contributed by atoms with E-state index in [2.05, 4.69) is 24.6 Å². The highest BCUT2D eigenvalue weighted by Crippen LogP contribution is 2.62. The summed E-state index contributed by atoms with van der Waals surface area (Å²) >= 11 is 0. The number of carbonyl (C=O) groups excluding carboxylic acids is 1. The zero-order valence-corrected chi connectivity index (χ0v) is 14.0. The highest BCUT2D eigenvalue weighted by molar-refractivity contribution is 5.98. The molecule has 2 heterocycles. The number of ketones is 1. The van der Waals surface area contributed by atoms with Crippen molar-refractivity contribution in [1.29, 1.82) is 0 Å². The third-order valence-electron chi connectivity index (χ3n) is 6.59. The SMILES string of the molecule is C=Cc1cc(OC)c2c3c1C[C@@H]1[C@@H]4C=CC(=O)[C@H](O2)[C@]34CCN1C. The second-order valence-corrected chi connectivity index (χ2v) is 7.38. The highest BCUT2D eigenvalue weighted by Gasteiger charge is 2.64. The van der Waals surface area contributed by atoms with E-state index in [-0.39, 0.29) is 11.2 Å². The number of likely N-dealkylation sites (tertiary alicyclic amines) is 1. The molecule has 4 heteroatoms. The first-order chi connectivity index (χ1) is 11.6. The van der Waals surface area contributed by atoms with Crippen molar-refractivity contribution < 1.29 is 14.3 Å². The fourth-order valence-electron chi connectivity index (χ4n) is 5.51. The van der Waals surface area contributed by atoms with Gasteiger partial charge in [0.15, 0.2) is 23.4 Å². The Morgan fingerprint density at radius 2 is 2.33 bits per heavy atom. The van der Waals surface area contributed by atoms with E-state index in [1.807, 2.05) is 12.1 Å². The van der Waals surface area contributed by atoms with Gasteiger partial charge in [0.25, 0.3) is 0 Å². The average molecular weight is 323 g/mol. The lowest BCUT2D eigenvalue weighted by molar-refractivity contribution is -0.127. The van der Waals surface area contributed by atoms with Crippen molar-refractivity contribution in [1.82, 2.24) is 4.90 Å². The maximum atomic E-state index is 12.7. The molecule has 1 aromatic rings. The summed E-state index contributed by atoms with van der Waals surface area (Å²) in [7, 11) is 3.85. The molecule has 0 N–H and O–H groups in total. The Balaban J connectivity index is 1.88. The van der Waals surface area contributed by atoms with Gasteiger partial charge < -0.3 is 14.4 Å². The molecule has 1 fully saturated rings. The molecule has 4 aliphatic rings. The summed E-state index contributed by atoms with van der Waals surface area (Å²) in [6.07, 6.45) is 7.26. The van der Waals surface area contributed by atoms with E-state index in [0.29, 0.717) is 12.0 Å². The number of methoxy groups -OCH3 is 1. The van der Waals surface area contributed by atoms with Crippen LogP contribution in [0.5, 0.6) is 11.5 Å². The molecule has 24 heavy (non-hydrogen) atoms. The van der Waals surface area contributed by atoms with Crippen LogP contribution in [0.1, 0.15) is 23.1 Å². The minimum Gasteiger partial charge on any atom is -0.493 e. The lowest BCUT2D eigenvalue weighted by Crippen LogP contribution is -2.64. The maximum absolute atomic E-state index is 12.7. The van der Waals surface area contributed by atoms with Gasteiger partial charge in [0, 0.05) is 17.5 Å². The number of rotatable bonds is 2. The molecule has 1 spiro atoms. The second-order valence-electron chi connectivity index (χ2n) is 7.38. The van der Waals surface area contributed by atoms with Gasteiger partial charge in [0.1, 0.15) is 0 Å². The Kier molecular flexibility index (Phi) is 2.69. The summed E-state index contributed by atoms with van der Waals surface area (Å²) in [5.41, 5.74) is 3.38. The minimum absolute atomic E-state index is 0.0841. The smallest absolute Gasteiger partial charge is 0.196 e. The number of likely N-dealkylation sites (N-methyl/N-ethyl adjacent to an activating group) is 1. The van der Waals surface area contributed by atoms with Crippen LogP contribution in [0.3, 0.4) is 0 Å². The summed E-state index contributed by atoms with van der Waals surface area (Å²) in [6.45, 7) is 4.98. The number of hydrogen-bond acceptors (Lipinski definition) is 4. The summed E-state index contributed by atoms with van der Waals surface area (Å²) in [5, 5.41) is 0. The molecule has 0 saturated carbocycles. The van der Waals surface area contributed by atoms with Crippen LogP contribution in [-0.2, 0) is 16.6 Å². The molecule has 2 aliphatic carbocycles. The van der Waals surface area contributed by atoms with Crippen molar-refractivity contribution in [2.24, 2.45) is 5.92 Å². The van der Waals surface area contributed by atoms with E-state index in [9.17, 15) is 4.79 Å². The second kappa shape index (κ2) is 4.51. The monoisotopic (exact) mass is 323 g/mol. The standard InChI is InChI=1S/C20H21NO3/c1-4-11-9-16(23-3)18-17-12(11)10-14-13-5-6-15(22)19(24-18)20(13,17)7-8-21(14)2/h4-6,9,13-14,19H,1,7-8,10H2,2-3H3/t13-,14+,19-,20-/m0/s1. The van der Waals surface area contributed by atoms with E-state index in [4.69, 9.17) is 9.47 Å². The van der Waals surface area contributed by atoms with Gasteiger partial charge in [0.2, 0.25) is 0 Å². The lowest BCUT2D eigenvalue weighted by Gasteiger charge is -2.55. The van der Waals surface area contributed by atoms with Crippen LogP contribution in [-0.4, -0.2) is 43.5 Å². The minimum atomic E-state index is -0.410. The van der Waals surface area contributed by atoms with Crippen LogP contribution >= 0.6 is 0 Å². The van der Waals surface area contributed by atoms with Crippen LogP contribution in [0.15, 0.2) is 24.8 Å². The molecule has 4 atom stereocenters. The van der Waals surface area contributed by atoms with Crippen LogP contribution in [0, 0.1) is 5.92 Å². The molecule has 0 radical (unpaired) electrons. The van der Waals surface area contributed by atoms with E-state index >= 15 is 0 Å². The Labute approximate surface area is 141 Å². The first-order valence-corrected chi connectivity index (χ1v) is 8.57. The molecule has 5 rings (SSSR count). The summed E-state index contributed by atoms with van der Waals surface area (Å²) < 4.78 is 11.9. The highest BCUT2D eigenvalue weighted by atomic mass is 16.5. The molecule has 0 aromatic heterocycles. The van der Waals surface area contributed by atoms with Gasteiger partial charge in [-0.1, -0.05) is 18.7 Å². The number of hydrogen-bond donors (Lipinski definition) is 0. The van der Waals surface area contributed by atoms with Gasteiger partial charge in [-0.3, -0.25) is 4.79 Å². The molecule has 124 valence electrons. The van der Waals surface area contributed by atoms with Crippen molar-refractivity contribution in [2.75, 3.05) is 20.7 Å². The van der Waals surface area contributed by atoms with E-state index in [1.54, 1.807) is 13.2 Å². The fraction of sp³-hybridized carbons (Fsp3) is 0.450. The van der Waals surface area contributed by atoms with Gasteiger partial charge in [-0.2, -0.15) is 0 Å². The number of benzene rings is 1. The van der Waals surface area contributed by atoms with Crippen molar-refractivity contribution >= 4 is 11.9 Å². The molecule has 4 nitrogen and oxygen atoms in total. The zero-order valence-electron chi connectivity index (χ0n) is 14.0. The van der Waals surface area contributed by atoms with Crippen LogP contribution in [0.4, 0.5) is 0 Å². The van der Waals surface area contributed by atoms with E-state index in [0.717, 1.165) is 36.4 Å². The van der Waals surface area contributed by atoms with Crippen LogP contribution < -0.4 is 9.47 Å². The lowest BCUT2D eigenvalue weighted by atomic mass is 9.53. The largest absolute Gasteiger partial charge is 0.493 e. The van der Waals surface area contributed by atoms with Crippen LogP contribution in [0.25, 0.3) is 6.08 Å². The molecule has 1 saturated heterocycles. The van der Waals surface area contributed by atoms with Gasteiger partial charge in [-0.25, -0.2) is 0 Å². The van der Waals surface area contributed by atoms with Gasteiger partial charge in [-0.05, 0) is 49.7 Å². The first-order valence-electron chi connectivity index (χ1n) is 8.57. The Hall–Kier alpha value is -2.07. The zero-order chi connectivity index (χ0) is 16.6. The molecule has 0 unspecified atom stereocenters. The predicted molar refractivity (Wildman–Crippen MR) is 91.6 cm³/mol. The molecule has 0 amide bonds. The topological polar surface area (TPSA) is 38.8 Å². The normalized spacial score (nSPS) is 35.4. The van der Waals surface area contributed by atoms with Crippen molar-refractivity contribution in [3.8, 4) is 11.5 Å². The van der Waals surface area contributed by atoms with Crippen molar-refractivity contribution in [3.63, 3.8) is 0 Å². The Bertz CT molecular complexity index is 812. The summed E-state index contributed by atoms with van der Waals surface area (Å²) in [5.74, 6) is 1.91. The Morgan fingerprint density at radius 3 is 3.08 bits per heavy atom. The quantitative estimate of drug-likeness (QED) is 0.837. The van der Waals surface area contributed by atoms with Gasteiger partial charge >= 0.3 is 0 Å². The Morgan fingerprint density at radius 1 is 1.50 bits per heavy atom. The maximum Gasteiger partial charge on any atom is 0.196 e. The van der Waals surface area contributed by atoms with Gasteiger partial charge in [-0.15, -0.1) is 0 Å². The number of ether oxygens (including phenoxy) is 2. The van der Waals surface area contributed by atoms with Crippen molar-refractivity contribution in [2.45, 2.75) is 30.4 Å².